The Hall–Kier alpha value is -1.07. The number of ether oxygens (including phenoxy) is 2. The maximum absolute atomic E-state index is 5.29. The van der Waals surface area contributed by atoms with Crippen molar-refractivity contribution >= 4 is 5.95 Å². The van der Waals surface area contributed by atoms with Gasteiger partial charge in [-0.1, -0.05) is 0 Å². The van der Waals surface area contributed by atoms with E-state index in [4.69, 9.17) is 9.47 Å². The lowest BCUT2D eigenvalue weighted by molar-refractivity contribution is 0.147. The number of methoxy groups -OCH3 is 1. The van der Waals surface area contributed by atoms with Crippen molar-refractivity contribution in [3.8, 4) is 0 Å². The standard InChI is InChI=1S/C13H25N3O2/c1-3-18-12-6-7-14-13-15-8-10-16(13)9-4-5-11-17-2/h8,10H,3-7,9,11-12H2,1-2H3,(H,14,15). The van der Waals surface area contributed by atoms with Crippen LogP contribution in [0.25, 0.3) is 0 Å². The molecule has 0 aromatic carbocycles. The molecule has 5 nitrogen and oxygen atoms in total. The van der Waals surface area contributed by atoms with Gasteiger partial charge in [-0.25, -0.2) is 4.98 Å². The zero-order valence-electron chi connectivity index (χ0n) is 11.5. The molecule has 104 valence electrons. The number of aryl methyl sites for hydroxylation is 1. The molecule has 0 amide bonds. The molecule has 0 aliphatic carbocycles. The third-order valence-corrected chi connectivity index (χ3v) is 2.67. The number of hydrogen-bond donors (Lipinski definition) is 1. The van der Waals surface area contributed by atoms with Gasteiger partial charge in [0.15, 0.2) is 0 Å². The van der Waals surface area contributed by atoms with Crippen LogP contribution in [0.2, 0.25) is 0 Å². The van der Waals surface area contributed by atoms with Crippen molar-refractivity contribution in [2.24, 2.45) is 0 Å². The molecule has 1 aromatic rings. The number of aromatic nitrogens is 2. The second-order valence-electron chi connectivity index (χ2n) is 4.12. The minimum Gasteiger partial charge on any atom is -0.385 e. The largest absolute Gasteiger partial charge is 0.385 e. The van der Waals surface area contributed by atoms with Gasteiger partial charge in [0.05, 0.1) is 0 Å². The zero-order valence-corrected chi connectivity index (χ0v) is 11.5. The van der Waals surface area contributed by atoms with Crippen molar-refractivity contribution in [3.63, 3.8) is 0 Å². The fourth-order valence-electron chi connectivity index (χ4n) is 1.70. The minimum atomic E-state index is 0.786. The Bertz CT molecular complexity index is 302. The van der Waals surface area contributed by atoms with Crippen LogP contribution >= 0.6 is 0 Å². The fourth-order valence-corrected chi connectivity index (χ4v) is 1.70. The first kappa shape index (κ1) is 15.0. The molecular formula is C13H25N3O2. The van der Waals surface area contributed by atoms with Gasteiger partial charge in [-0.05, 0) is 26.2 Å². The molecular weight excluding hydrogens is 230 g/mol. The average Bonchev–Trinajstić information content (AvgIpc) is 2.82. The first-order valence-electron chi connectivity index (χ1n) is 6.70. The van der Waals surface area contributed by atoms with Gasteiger partial charge in [0.25, 0.3) is 0 Å². The number of hydrogen-bond acceptors (Lipinski definition) is 4. The topological polar surface area (TPSA) is 48.3 Å². The molecule has 0 aliphatic heterocycles. The highest BCUT2D eigenvalue weighted by molar-refractivity contribution is 5.25. The lowest BCUT2D eigenvalue weighted by Crippen LogP contribution is -2.11. The van der Waals surface area contributed by atoms with Crippen LogP contribution < -0.4 is 5.32 Å². The highest BCUT2D eigenvalue weighted by Gasteiger charge is 2.01. The van der Waals surface area contributed by atoms with E-state index in [1.807, 2.05) is 19.3 Å². The summed E-state index contributed by atoms with van der Waals surface area (Å²) in [6, 6.07) is 0. The minimum absolute atomic E-state index is 0.786. The molecule has 0 saturated heterocycles. The smallest absolute Gasteiger partial charge is 0.202 e. The summed E-state index contributed by atoms with van der Waals surface area (Å²) in [4.78, 5) is 4.31. The van der Waals surface area contributed by atoms with Crippen molar-refractivity contribution in [2.75, 3.05) is 38.8 Å². The number of anilines is 1. The summed E-state index contributed by atoms with van der Waals surface area (Å²) in [6.45, 7) is 6.31. The Balaban J connectivity index is 2.18. The van der Waals surface area contributed by atoms with E-state index in [-0.39, 0.29) is 0 Å². The molecule has 1 rings (SSSR count). The number of imidazole rings is 1. The second-order valence-corrected chi connectivity index (χ2v) is 4.12. The number of nitrogens with zero attached hydrogens (tertiary/aromatic N) is 2. The van der Waals surface area contributed by atoms with Crippen LogP contribution in [0.5, 0.6) is 0 Å². The molecule has 1 aromatic heterocycles. The van der Waals surface area contributed by atoms with E-state index in [1.165, 1.54) is 0 Å². The van der Waals surface area contributed by atoms with E-state index in [1.54, 1.807) is 7.11 Å². The molecule has 0 unspecified atom stereocenters. The molecule has 0 atom stereocenters. The Morgan fingerprint density at radius 2 is 2.17 bits per heavy atom. The number of nitrogens with one attached hydrogen (secondary N) is 1. The number of rotatable bonds is 11. The van der Waals surface area contributed by atoms with Crippen LogP contribution in [0.15, 0.2) is 12.4 Å². The molecule has 1 heterocycles. The Kier molecular flexibility index (Phi) is 8.25. The molecule has 5 heteroatoms. The van der Waals surface area contributed by atoms with E-state index in [2.05, 4.69) is 14.9 Å². The summed E-state index contributed by atoms with van der Waals surface area (Å²) in [5.41, 5.74) is 0. The van der Waals surface area contributed by atoms with Crippen LogP contribution in [-0.2, 0) is 16.0 Å². The quantitative estimate of drug-likeness (QED) is 0.615. The van der Waals surface area contributed by atoms with Gasteiger partial charge in [-0.15, -0.1) is 0 Å². The van der Waals surface area contributed by atoms with Crippen molar-refractivity contribution < 1.29 is 9.47 Å². The highest BCUT2D eigenvalue weighted by atomic mass is 16.5. The predicted octanol–water partition coefficient (Wildman–Crippen LogP) is 2.15. The Morgan fingerprint density at radius 3 is 2.94 bits per heavy atom. The van der Waals surface area contributed by atoms with E-state index < -0.39 is 0 Å². The third kappa shape index (κ3) is 6.02. The highest BCUT2D eigenvalue weighted by Crippen LogP contribution is 2.06. The lowest BCUT2D eigenvalue weighted by atomic mass is 10.3. The summed E-state index contributed by atoms with van der Waals surface area (Å²) in [5.74, 6) is 0.948. The van der Waals surface area contributed by atoms with Gasteiger partial charge < -0.3 is 19.4 Å². The van der Waals surface area contributed by atoms with Crippen LogP contribution in [-0.4, -0.2) is 43.0 Å². The van der Waals surface area contributed by atoms with Gasteiger partial charge in [0.1, 0.15) is 0 Å². The third-order valence-electron chi connectivity index (χ3n) is 2.67. The van der Waals surface area contributed by atoms with Crippen molar-refractivity contribution in [2.45, 2.75) is 32.7 Å². The molecule has 18 heavy (non-hydrogen) atoms. The summed E-state index contributed by atoms with van der Waals surface area (Å²) < 4.78 is 12.5. The SMILES string of the molecule is CCOCCCNc1nccn1CCCCOC. The van der Waals surface area contributed by atoms with E-state index in [9.17, 15) is 0 Å². The predicted molar refractivity (Wildman–Crippen MR) is 72.9 cm³/mol. The first-order valence-corrected chi connectivity index (χ1v) is 6.70. The first-order chi connectivity index (χ1) is 8.88. The van der Waals surface area contributed by atoms with Crippen LogP contribution in [0, 0.1) is 0 Å². The van der Waals surface area contributed by atoms with Crippen molar-refractivity contribution in [1.82, 2.24) is 9.55 Å². The average molecular weight is 255 g/mol. The Labute approximate surface area is 109 Å². The van der Waals surface area contributed by atoms with Gasteiger partial charge in [0, 0.05) is 52.4 Å². The van der Waals surface area contributed by atoms with Crippen molar-refractivity contribution in [3.05, 3.63) is 12.4 Å². The molecule has 0 saturated carbocycles. The number of unbranched alkanes of at least 4 members (excludes halogenated alkanes) is 1. The molecule has 1 N–H and O–H groups in total. The van der Waals surface area contributed by atoms with Gasteiger partial charge in [-0.2, -0.15) is 0 Å². The zero-order chi connectivity index (χ0) is 13.1. The van der Waals surface area contributed by atoms with Gasteiger partial charge >= 0.3 is 0 Å². The van der Waals surface area contributed by atoms with Crippen LogP contribution in [0.1, 0.15) is 26.2 Å². The van der Waals surface area contributed by atoms with Gasteiger partial charge in [0.2, 0.25) is 5.95 Å². The molecule has 0 aliphatic rings. The molecule has 0 bridgehead atoms. The van der Waals surface area contributed by atoms with Crippen LogP contribution in [0.3, 0.4) is 0 Å². The van der Waals surface area contributed by atoms with E-state index in [0.717, 1.165) is 58.1 Å². The maximum Gasteiger partial charge on any atom is 0.202 e. The van der Waals surface area contributed by atoms with E-state index in [0.29, 0.717) is 0 Å². The maximum atomic E-state index is 5.29. The monoisotopic (exact) mass is 255 g/mol. The van der Waals surface area contributed by atoms with E-state index >= 15 is 0 Å². The molecule has 0 radical (unpaired) electrons. The fraction of sp³-hybridized carbons (Fsp3) is 0.769. The molecule has 0 spiro atoms. The molecule has 0 fully saturated rings. The summed E-state index contributed by atoms with van der Waals surface area (Å²) in [6.07, 6.45) is 7.04. The summed E-state index contributed by atoms with van der Waals surface area (Å²) >= 11 is 0. The lowest BCUT2D eigenvalue weighted by Gasteiger charge is -2.09. The second kappa shape index (κ2) is 9.91. The van der Waals surface area contributed by atoms with Gasteiger partial charge in [-0.3, -0.25) is 0 Å². The summed E-state index contributed by atoms with van der Waals surface area (Å²) in [7, 11) is 1.74. The normalized spacial score (nSPS) is 10.8. The van der Waals surface area contributed by atoms with Crippen molar-refractivity contribution in [1.29, 1.82) is 0 Å². The summed E-state index contributed by atoms with van der Waals surface area (Å²) in [5, 5.41) is 3.33. The van der Waals surface area contributed by atoms with Crippen LogP contribution in [0.4, 0.5) is 5.95 Å². The Morgan fingerprint density at radius 1 is 1.28 bits per heavy atom.